The molecule has 35 heavy (non-hydrogen) atoms. The molecule has 2 aliphatic rings. The number of carbonyl (C=O) groups excluding carboxylic acids is 1. The number of nitrogens with zero attached hydrogens (tertiary/aromatic N) is 5. The highest BCUT2D eigenvalue weighted by molar-refractivity contribution is 7.12. The van der Waals surface area contributed by atoms with Crippen molar-refractivity contribution < 1.29 is 24.6 Å². The van der Waals surface area contributed by atoms with E-state index in [1.165, 1.54) is 5.56 Å². The number of rotatable bonds is 8. The van der Waals surface area contributed by atoms with Gasteiger partial charge in [-0.2, -0.15) is 0 Å². The minimum absolute atomic E-state index is 0.244. The van der Waals surface area contributed by atoms with Crippen LogP contribution in [0.2, 0.25) is 0 Å². The Balaban J connectivity index is 0.000000371. The summed E-state index contributed by atoms with van der Waals surface area (Å²) in [5.41, 5.74) is 1.24. The number of thiophene rings is 1. The lowest BCUT2D eigenvalue weighted by Gasteiger charge is -2.34. The molecule has 0 atom stereocenters. The molecule has 2 aromatic heterocycles. The van der Waals surface area contributed by atoms with E-state index in [4.69, 9.17) is 10.2 Å². The molecule has 4 rings (SSSR count). The standard InChI is InChI=1S/C20H27N5OS.C4H4O4/c26-19-18-17(6-16-27-18)5-3-11-24(19)10-2-1-9-23-12-14-25(15-13-23)20-21-7-4-8-22-20;5-3(6)1-2-4(7)8/h4,6-8,16H,1-3,5,9-15H2;1-2H,(H,5,6)(H,7,8)/b;2-1-. The fourth-order valence-electron chi connectivity index (χ4n) is 4.05. The second kappa shape index (κ2) is 13.5. The number of carboxylic acid groups (broad SMARTS) is 2. The smallest absolute Gasteiger partial charge is 0.328 e. The Morgan fingerprint density at radius 3 is 2.29 bits per heavy atom. The number of carbonyl (C=O) groups is 3. The summed E-state index contributed by atoms with van der Waals surface area (Å²) in [6, 6.07) is 3.97. The summed E-state index contributed by atoms with van der Waals surface area (Å²) in [6.45, 7) is 6.96. The third-order valence-corrected chi connectivity index (χ3v) is 6.78. The monoisotopic (exact) mass is 501 g/mol. The quantitative estimate of drug-likeness (QED) is 0.413. The number of hydrogen-bond acceptors (Lipinski definition) is 8. The van der Waals surface area contributed by atoms with E-state index in [1.807, 2.05) is 11.4 Å². The van der Waals surface area contributed by atoms with Gasteiger partial charge in [-0.1, -0.05) is 0 Å². The molecule has 2 N–H and O–H groups in total. The van der Waals surface area contributed by atoms with Crippen molar-refractivity contribution in [1.29, 1.82) is 0 Å². The minimum Gasteiger partial charge on any atom is -0.478 e. The molecule has 188 valence electrons. The second-order valence-electron chi connectivity index (χ2n) is 8.27. The van der Waals surface area contributed by atoms with E-state index in [-0.39, 0.29) is 5.91 Å². The predicted molar refractivity (Wildman–Crippen MR) is 133 cm³/mol. The Morgan fingerprint density at radius 1 is 0.971 bits per heavy atom. The third-order valence-electron chi connectivity index (χ3n) is 5.83. The summed E-state index contributed by atoms with van der Waals surface area (Å²) in [6.07, 6.45) is 9.06. The van der Waals surface area contributed by atoms with E-state index in [1.54, 1.807) is 23.7 Å². The van der Waals surface area contributed by atoms with Gasteiger partial charge in [0.05, 0.1) is 4.88 Å². The fraction of sp³-hybridized carbons (Fsp3) is 0.458. The molecule has 4 heterocycles. The first kappa shape index (κ1) is 26.3. The maximum Gasteiger partial charge on any atom is 0.328 e. The number of fused-ring (bicyclic) bond motifs is 1. The van der Waals surface area contributed by atoms with E-state index >= 15 is 0 Å². The SMILES string of the molecule is O=C(O)/C=C\C(=O)O.O=C1c2sccc2CCCN1CCCCN1CCN(c2ncccn2)CC1. The van der Waals surface area contributed by atoms with Crippen LogP contribution in [0.15, 0.2) is 42.1 Å². The summed E-state index contributed by atoms with van der Waals surface area (Å²) in [5.74, 6) is -1.43. The zero-order valence-electron chi connectivity index (χ0n) is 19.6. The lowest BCUT2D eigenvalue weighted by atomic mass is 10.1. The highest BCUT2D eigenvalue weighted by Crippen LogP contribution is 2.24. The maximum absolute atomic E-state index is 12.7. The van der Waals surface area contributed by atoms with Crippen LogP contribution < -0.4 is 4.90 Å². The number of anilines is 1. The minimum atomic E-state index is -1.26. The van der Waals surface area contributed by atoms with Gasteiger partial charge in [0.25, 0.3) is 5.91 Å². The number of amides is 1. The van der Waals surface area contributed by atoms with Gasteiger partial charge in [-0.05, 0) is 55.3 Å². The number of hydrogen-bond donors (Lipinski definition) is 2. The molecule has 2 aromatic rings. The topological polar surface area (TPSA) is 127 Å². The molecule has 0 spiro atoms. The van der Waals surface area contributed by atoms with Crippen LogP contribution >= 0.6 is 11.3 Å². The zero-order chi connectivity index (χ0) is 25.0. The molecular formula is C24H31N5O5S. The summed E-state index contributed by atoms with van der Waals surface area (Å²) in [5, 5.41) is 17.7. The lowest BCUT2D eigenvalue weighted by molar-refractivity contribution is -0.134. The molecule has 0 saturated carbocycles. The molecule has 0 aliphatic carbocycles. The highest BCUT2D eigenvalue weighted by atomic mass is 32.1. The van der Waals surface area contributed by atoms with Crippen LogP contribution in [0, 0.1) is 0 Å². The average molecular weight is 502 g/mol. The number of piperazine rings is 1. The Bertz CT molecular complexity index is 989. The molecule has 1 amide bonds. The van der Waals surface area contributed by atoms with Gasteiger partial charge in [0.2, 0.25) is 5.95 Å². The van der Waals surface area contributed by atoms with Gasteiger partial charge in [-0.25, -0.2) is 19.6 Å². The Morgan fingerprint density at radius 2 is 1.63 bits per heavy atom. The number of carboxylic acids is 2. The number of unbranched alkanes of at least 4 members (excludes halogenated alkanes) is 1. The number of aryl methyl sites for hydroxylation is 1. The molecule has 0 unspecified atom stereocenters. The van der Waals surface area contributed by atoms with Crippen molar-refractivity contribution in [3.05, 3.63) is 52.5 Å². The van der Waals surface area contributed by atoms with Gasteiger partial charge in [0.15, 0.2) is 0 Å². The largest absolute Gasteiger partial charge is 0.478 e. The summed E-state index contributed by atoms with van der Waals surface area (Å²) in [4.78, 5) is 48.3. The Kier molecular flexibility index (Phi) is 10.2. The van der Waals surface area contributed by atoms with E-state index in [9.17, 15) is 14.4 Å². The van der Waals surface area contributed by atoms with Gasteiger partial charge >= 0.3 is 11.9 Å². The number of aromatic nitrogens is 2. The number of aliphatic carboxylic acids is 2. The van der Waals surface area contributed by atoms with Crippen molar-refractivity contribution in [2.45, 2.75) is 25.7 Å². The second-order valence-corrected chi connectivity index (χ2v) is 9.18. The molecule has 10 nitrogen and oxygen atoms in total. The molecule has 11 heteroatoms. The van der Waals surface area contributed by atoms with Gasteiger partial charge in [0.1, 0.15) is 0 Å². The zero-order valence-corrected chi connectivity index (χ0v) is 20.4. The summed E-state index contributed by atoms with van der Waals surface area (Å²) < 4.78 is 0. The van der Waals surface area contributed by atoms with Gasteiger partial charge in [0, 0.05) is 63.8 Å². The van der Waals surface area contributed by atoms with Crippen molar-refractivity contribution >= 4 is 35.1 Å². The first-order chi connectivity index (χ1) is 16.9. The molecular weight excluding hydrogens is 470 g/mol. The van der Waals surface area contributed by atoms with Crippen molar-refractivity contribution in [2.75, 3.05) is 50.7 Å². The van der Waals surface area contributed by atoms with E-state index in [2.05, 4.69) is 30.7 Å². The van der Waals surface area contributed by atoms with Crippen LogP contribution in [0.1, 0.15) is 34.5 Å². The van der Waals surface area contributed by atoms with Crippen LogP contribution in [0.25, 0.3) is 0 Å². The van der Waals surface area contributed by atoms with Crippen LogP contribution in [-0.4, -0.2) is 93.6 Å². The van der Waals surface area contributed by atoms with Gasteiger partial charge in [-0.3, -0.25) is 9.69 Å². The van der Waals surface area contributed by atoms with E-state index in [0.29, 0.717) is 12.2 Å². The molecule has 1 fully saturated rings. The Labute approximate surface area is 208 Å². The van der Waals surface area contributed by atoms with Crippen LogP contribution in [-0.2, 0) is 16.0 Å². The van der Waals surface area contributed by atoms with Crippen molar-refractivity contribution in [2.24, 2.45) is 0 Å². The highest BCUT2D eigenvalue weighted by Gasteiger charge is 2.23. The van der Waals surface area contributed by atoms with Crippen LogP contribution in [0.5, 0.6) is 0 Å². The van der Waals surface area contributed by atoms with Gasteiger partial charge < -0.3 is 20.0 Å². The predicted octanol–water partition coefficient (Wildman–Crippen LogP) is 2.24. The Hall–Kier alpha value is -3.31. The van der Waals surface area contributed by atoms with Crippen molar-refractivity contribution in [3.63, 3.8) is 0 Å². The van der Waals surface area contributed by atoms with E-state index in [0.717, 1.165) is 82.3 Å². The third kappa shape index (κ3) is 8.45. The van der Waals surface area contributed by atoms with Crippen LogP contribution in [0.3, 0.4) is 0 Å². The molecule has 0 bridgehead atoms. The van der Waals surface area contributed by atoms with Crippen LogP contribution in [0.4, 0.5) is 5.95 Å². The average Bonchev–Trinajstić information content (AvgIpc) is 3.28. The maximum atomic E-state index is 12.7. The normalized spacial score (nSPS) is 16.4. The fourth-order valence-corrected chi connectivity index (χ4v) is 4.97. The summed E-state index contributed by atoms with van der Waals surface area (Å²) >= 11 is 1.60. The van der Waals surface area contributed by atoms with E-state index < -0.39 is 11.9 Å². The molecule has 2 aliphatic heterocycles. The first-order valence-corrected chi connectivity index (χ1v) is 12.6. The van der Waals surface area contributed by atoms with Crippen molar-refractivity contribution in [3.8, 4) is 0 Å². The molecule has 0 radical (unpaired) electrons. The summed E-state index contributed by atoms with van der Waals surface area (Å²) in [7, 11) is 0. The molecule has 1 saturated heterocycles. The lowest BCUT2D eigenvalue weighted by Crippen LogP contribution is -2.47. The first-order valence-electron chi connectivity index (χ1n) is 11.7. The molecule has 0 aromatic carbocycles. The van der Waals surface area contributed by atoms with Crippen molar-refractivity contribution in [1.82, 2.24) is 19.8 Å². The van der Waals surface area contributed by atoms with Gasteiger partial charge in [-0.15, -0.1) is 11.3 Å².